The van der Waals surface area contributed by atoms with Crippen molar-refractivity contribution in [2.45, 2.75) is 63.8 Å². The lowest BCUT2D eigenvalue weighted by Gasteiger charge is -2.36. The average Bonchev–Trinajstić information content (AvgIpc) is 2.80. The highest BCUT2D eigenvalue weighted by Gasteiger charge is 2.25. The van der Waals surface area contributed by atoms with E-state index in [9.17, 15) is 0 Å². The first-order chi connectivity index (χ1) is 8.90. The molecule has 0 bridgehead atoms. The van der Waals surface area contributed by atoms with Gasteiger partial charge in [-0.25, -0.2) is 0 Å². The predicted molar refractivity (Wildman–Crippen MR) is 76.8 cm³/mol. The van der Waals surface area contributed by atoms with Crippen molar-refractivity contribution in [2.75, 3.05) is 26.2 Å². The fourth-order valence-corrected chi connectivity index (χ4v) is 3.98. The van der Waals surface area contributed by atoms with Crippen molar-refractivity contribution in [3.05, 3.63) is 0 Å². The minimum absolute atomic E-state index is 0.792. The van der Waals surface area contributed by atoms with Crippen LogP contribution in [0.25, 0.3) is 0 Å². The van der Waals surface area contributed by atoms with E-state index >= 15 is 0 Å². The third-order valence-corrected chi connectivity index (χ3v) is 5.42. The predicted octanol–water partition coefficient (Wildman–Crippen LogP) is 3.03. The number of nitrogens with one attached hydrogen (secondary N) is 1. The molecule has 18 heavy (non-hydrogen) atoms. The van der Waals surface area contributed by atoms with Crippen molar-refractivity contribution in [1.29, 1.82) is 0 Å². The molecule has 3 aliphatic rings. The van der Waals surface area contributed by atoms with E-state index in [0.717, 1.165) is 17.9 Å². The molecule has 1 aliphatic heterocycles. The highest BCUT2D eigenvalue weighted by molar-refractivity contribution is 4.82. The summed E-state index contributed by atoms with van der Waals surface area (Å²) >= 11 is 0. The average molecular weight is 250 g/mol. The molecular weight excluding hydrogens is 220 g/mol. The third kappa shape index (κ3) is 3.48. The molecule has 0 amide bonds. The van der Waals surface area contributed by atoms with Gasteiger partial charge in [0.2, 0.25) is 0 Å². The van der Waals surface area contributed by atoms with Gasteiger partial charge in [-0.05, 0) is 63.5 Å². The highest BCUT2D eigenvalue weighted by atomic mass is 15.2. The lowest BCUT2D eigenvalue weighted by Crippen LogP contribution is -2.48. The van der Waals surface area contributed by atoms with Crippen LogP contribution in [0.15, 0.2) is 0 Å². The maximum Gasteiger partial charge on any atom is 0.0195 e. The molecule has 1 N–H and O–H groups in total. The van der Waals surface area contributed by atoms with Crippen molar-refractivity contribution >= 4 is 0 Å². The Bertz CT molecular complexity index is 243. The third-order valence-electron chi connectivity index (χ3n) is 5.42. The number of hydrogen-bond acceptors (Lipinski definition) is 2. The number of nitrogens with zero attached hydrogens (tertiary/aromatic N) is 1. The summed E-state index contributed by atoms with van der Waals surface area (Å²) in [5, 5.41) is 3.84. The summed E-state index contributed by atoms with van der Waals surface area (Å²) in [6.07, 6.45) is 13.2. The maximum atomic E-state index is 3.84. The van der Waals surface area contributed by atoms with Crippen LogP contribution in [0.4, 0.5) is 0 Å². The van der Waals surface area contributed by atoms with Crippen LogP contribution in [0.3, 0.4) is 0 Å². The Hall–Kier alpha value is -0.0800. The summed E-state index contributed by atoms with van der Waals surface area (Å²) in [5.41, 5.74) is 0. The Kier molecular flexibility index (Phi) is 4.58. The van der Waals surface area contributed by atoms with E-state index < -0.39 is 0 Å². The van der Waals surface area contributed by atoms with Crippen LogP contribution < -0.4 is 5.32 Å². The van der Waals surface area contributed by atoms with Gasteiger partial charge in [-0.2, -0.15) is 0 Å². The molecule has 1 atom stereocenters. The van der Waals surface area contributed by atoms with E-state index in [1.807, 2.05) is 0 Å². The Morgan fingerprint density at radius 3 is 2.33 bits per heavy atom. The summed E-state index contributed by atoms with van der Waals surface area (Å²) < 4.78 is 0. The zero-order chi connectivity index (χ0) is 12.2. The Balaban J connectivity index is 1.37. The summed E-state index contributed by atoms with van der Waals surface area (Å²) in [6.45, 7) is 5.37. The monoisotopic (exact) mass is 250 g/mol. The zero-order valence-electron chi connectivity index (χ0n) is 11.9. The van der Waals surface area contributed by atoms with Crippen LogP contribution in [0.5, 0.6) is 0 Å². The molecule has 2 aliphatic carbocycles. The molecular formula is C16H30N2. The van der Waals surface area contributed by atoms with Crippen molar-refractivity contribution in [3.8, 4) is 0 Å². The lowest BCUT2D eigenvalue weighted by atomic mass is 9.85. The number of hydrogen-bond donors (Lipinski definition) is 1. The fraction of sp³-hybridized carbons (Fsp3) is 1.00. The summed E-state index contributed by atoms with van der Waals surface area (Å²) in [7, 11) is 0. The standard InChI is InChI=1S/C16H30N2/c1-2-6-15(5-1)12-18-10-4-9-16(13-18)17-11-14-7-3-8-14/h14-17H,1-13H2. The Labute approximate surface area is 113 Å². The van der Waals surface area contributed by atoms with Gasteiger partial charge in [-0.3, -0.25) is 0 Å². The van der Waals surface area contributed by atoms with E-state index in [1.165, 1.54) is 84.0 Å². The van der Waals surface area contributed by atoms with Gasteiger partial charge in [0.05, 0.1) is 0 Å². The Morgan fingerprint density at radius 1 is 0.833 bits per heavy atom. The van der Waals surface area contributed by atoms with E-state index in [4.69, 9.17) is 0 Å². The van der Waals surface area contributed by atoms with E-state index in [2.05, 4.69) is 10.2 Å². The minimum Gasteiger partial charge on any atom is -0.312 e. The van der Waals surface area contributed by atoms with Gasteiger partial charge in [0.15, 0.2) is 0 Å². The van der Waals surface area contributed by atoms with Gasteiger partial charge in [0, 0.05) is 19.1 Å². The van der Waals surface area contributed by atoms with Gasteiger partial charge >= 0.3 is 0 Å². The van der Waals surface area contributed by atoms with E-state index in [-0.39, 0.29) is 0 Å². The second kappa shape index (κ2) is 6.38. The molecule has 1 heterocycles. The summed E-state index contributed by atoms with van der Waals surface area (Å²) in [6, 6.07) is 0.792. The van der Waals surface area contributed by atoms with Crippen molar-refractivity contribution in [2.24, 2.45) is 11.8 Å². The molecule has 3 fully saturated rings. The van der Waals surface area contributed by atoms with Gasteiger partial charge < -0.3 is 10.2 Å². The van der Waals surface area contributed by atoms with Crippen LogP contribution in [-0.4, -0.2) is 37.1 Å². The second-order valence-electron chi connectivity index (χ2n) is 6.95. The molecule has 0 aromatic heterocycles. The molecule has 2 nitrogen and oxygen atoms in total. The molecule has 1 unspecified atom stereocenters. The Morgan fingerprint density at radius 2 is 1.61 bits per heavy atom. The van der Waals surface area contributed by atoms with Gasteiger partial charge in [-0.15, -0.1) is 0 Å². The number of piperidine rings is 1. The first kappa shape index (κ1) is 12.9. The zero-order valence-corrected chi connectivity index (χ0v) is 11.9. The molecule has 2 saturated carbocycles. The molecule has 2 heteroatoms. The first-order valence-corrected chi connectivity index (χ1v) is 8.36. The van der Waals surface area contributed by atoms with Crippen molar-refractivity contribution < 1.29 is 0 Å². The van der Waals surface area contributed by atoms with E-state index in [1.54, 1.807) is 0 Å². The molecule has 0 aromatic carbocycles. The summed E-state index contributed by atoms with van der Waals surface area (Å²) in [5.74, 6) is 2.03. The number of likely N-dealkylation sites (tertiary alicyclic amines) is 1. The van der Waals surface area contributed by atoms with Gasteiger partial charge in [0.1, 0.15) is 0 Å². The van der Waals surface area contributed by atoms with Crippen LogP contribution in [0.1, 0.15) is 57.8 Å². The second-order valence-corrected chi connectivity index (χ2v) is 6.95. The van der Waals surface area contributed by atoms with Gasteiger partial charge in [0.25, 0.3) is 0 Å². The summed E-state index contributed by atoms with van der Waals surface area (Å²) in [4.78, 5) is 2.75. The van der Waals surface area contributed by atoms with Crippen LogP contribution in [-0.2, 0) is 0 Å². The van der Waals surface area contributed by atoms with Crippen LogP contribution in [0.2, 0.25) is 0 Å². The van der Waals surface area contributed by atoms with Gasteiger partial charge in [-0.1, -0.05) is 19.3 Å². The molecule has 104 valence electrons. The van der Waals surface area contributed by atoms with E-state index in [0.29, 0.717) is 0 Å². The van der Waals surface area contributed by atoms with Crippen molar-refractivity contribution in [1.82, 2.24) is 10.2 Å². The van der Waals surface area contributed by atoms with Crippen LogP contribution >= 0.6 is 0 Å². The van der Waals surface area contributed by atoms with Crippen LogP contribution in [0, 0.1) is 11.8 Å². The first-order valence-electron chi connectivity index (χ1n) is 8.36. The molecule has 3 rings (SSSR count). The SMILES string of the molecule is C1CC(CNC2CCCN(CC3CCCC3)C2)C1. The van der Waals surface area contributed by atoms with Crippen molar-refractivity contribution in [3.63, 3.8) is 0 Å². The normalized spacial score (nSPS) is 31.7. The quantitative estimate of drug-likeness (QED) is 0.807. The smallest absolute Gasteiger partial charge is 0.0195 e. The molecule has 1 saturated heterocycles. The maximum absolute atomic E-state index is 3.84. The highest BCUT2D eigenvalue weighted by Crippen LogP contribution is 2.27. The topological polar surface area (TPSA) is 15.3 Å². The molecule has 0 spiro atoms. The molecule has 0 radical (unpaired) electrons. The number of rotatable bonds is 5. The lowest BCUT2D eigenvalue weighted by molar-refractivity contribution is 0.159. The largest absolute Gasteiger partial charge is 0.312 e. The fourth-order valence-electron chi connectivity index (χ4n) is 3.98. The minimum atomic E-state index is 0.792. The molecule has 0 aromatic rings.